The molecule has 0 heterocycles. The summed E-state index contributed by atoms with van der Waals surface area (Å²) in [6.45, 7) is 11.3. The minimum absolute atomic E-state index is 0.0528. The summed E-state index contributed by atoms with van der Waals surface area (Å²) in [5.74, 6) is -1.15. The van der Waals surface area contributed by atoms with Crippen LogP contribution >= 0.6 is 0 Å². The van der Waals surface area contributed by atoms with Gasteiger partial charge in [-0.15, -0.1) is 0 Å². The van der Waals surface area contributed by atoms with Crippen molar-refractivity contribution in [3.63, 3.8) is 0 Å². The smallest absolute Gasteiger partial charge is 0.335 e. The van der Waals surface area contributed by atoms with Gasteiger partial charge in [0.2, 0.25) is 0 Å². The van der Waals surface area contributed by atoms with Crippen LogP contribution in [0.4, 0.5) is 0 Å². The molecular weight excluding hydrogens is 504 g/mol. The lowest BCUT2D eigenvalue weighted by Gasteiger charge is -2.73. The van der Waals surface area contributed by atoms with Gasteiger partial charge in [-0.05, 0) is 103 Å². The number of benzene rings is 1. The van der Waals surface area contributed by atoms with Crippen molar-refractivity contribution < 1.29 is 30.0 Å². The van der Waals surface area contributed by atoms with E-state index in [4.69, 9.17) is 0 Å². The molecular formula is C34H46O6. The minimum atomic E-state index is -0.933. The van der Waals surface area contributed by atoms with Gasteiger partial charge in [0.25, 0.3) is 0 Å². The number of allylic oxidation sites excluding steroid dienone is 2. The predicted molar refractivity (Wildman–Crippen MR) is 152 cm³/mol. The first-order valence-electron chi connectivity index (χ1n) is 15.3. The number of fused-ring (bicyclic) bond motifs is 7. The van der Waals surface area contributed by atoms with E-state index >= 15 is 0 Å². The van der Waals surface area contributed by atoms with E-state index in [0.29, 0.717) is 12.8 Å². The molecule has 1 aromatic carbocycles. The fourth-order valence-electron chi connectivity index (χ4n) is 11.8. The Morgan fingerprint density at radius 3 is 2.12 bits per heavy atom. The zero-order chi connectivity index (χ0) is 29.0. The maximum Gasteiger partial charge on any atom is 0.335 e. The topological polar surface area (TPSA) is 115 Å². The molecule has 0 bridgehead atoms. The van der Waals surface area contributed by atoms with Crippen LogP contribution < -0.4 is 0 Å². The molecule has 6 heteroatoms. The Morgan fingerprint density at radius 1 is 0.825 bits per heavy atom. The molecule has 7 unspecified atom stereocenters. The number of carbonyl (C=O) groups is 2. The first-order valence-corrected chi connectivity index (χ1v) is 15.3. The van der Waals surface area contributed by atoms with Gasteiger partial charge in [0.05, 0.1) is 23.2 Å². The summed E-state index contributed by atoms with van der Waals surface area (Å²) in [5, 5.41) is 43.9. The van der Waals surface area contributed by atoms with Gasteiger partial charge in [-0.1, -0.05) is 59.2 Å². The maximum absolute atomic E-state index is 12.6. The average Bonchev–Trinajstić information content (AvgIpc) is 3.32. The van der Waals surface area contributed by atoms with Gasteiger partial charge in [-0.3, -0.25) is 4.79 Å². The van der Waals surface area contributed by atoms with Crippen LogP contribution in [0.1, 0.15) is 102 Å². The lowest BCUT2D eigenvalue weighted by atomic mass is 9.31. The fourth-order valence-corrected chi connectivity index (χ4v) is 11.8. The summed E-state index contributed by atoms with van der Waals surface area (Å²) in [4.78, 5) is 24.0. The minimum Gasteiger partial charge on any atom is -0.481 e. The standard InChI is InChI=1S/C34H46O6/c1-30(2)21(19-8-10-20(11-9-19)28(37)38)14-16-31(3)24-13-12-22-23-7-6-15-34(23,29(39)40)18-27(36)32(22,4)33(24,5)26(35)17-25(30)31/h8-11,14,22-27,35-36H,6-7,12-13,15-18H2,1-5H3,(H,37,38)(H,39,40)/t22?,23-,24?,25?,26?,27+,31?,32+,33?,34?/m1/s1. The Bertz CT molecular complexity index is 1270. The number of carboxylic acids is 2. The molecule has 1 aromatic rings. The largest absolute Gasteiger partial charge is 0.481 e. The molecule has 10 atom stereocenters. The fraction of sp³-hybridized carbons (Fsp3) is 0.706. The van der Waals surface area contributed by atoms with Crippen LogP contribution in [-0.2, 0) is 4.79 Å². The van der Waals surface area contributed by atoms with Crippen molar-refractivity contribution >= 4 is 17.5 Å². The van der Waals surface area contributed by atoms with Crippen molar-refractivity contribution in [3.8, 4) is 0 Å². The van der Waals surface area contributed by atoms with Crippen molar-refractivity contribution in [1.29, 1.82) is 0 Å². The second-order valence-corrected chi connectivity index (χ2v) is 15.2. The summed E-state index contributed by atoms with van der Waals surface area (Å²) in [7, 11) is 0. The summed E-state index contributed by atoms with van der Waals surface area (Å²) >= 11 is 0. The quantitative estimate of drug-likeness (QED) is 0.353. The molecule has 5 aliphatic carbocycles. The van der Waals surface area contributed by atoms with Crippen molar-refractivity contribution in [2.45, 2.75) is 98.2 Å². The van der Waals surface area contributed by atoms with Gasteiger partial charge in [-0.2, -0.15) is 0 Å². The molecule has 0 radical (unpaired) electrons. The number of hydrogen-bond donors (Lipinski definition) is 4. The molecule has 4 fully saturated rings. The highest BCUT2D eigenvalue weighted by atomic mass is 16.4. The number of aliphatic carboxylic acids is 1. The van der Waals surface area contributed by atoms with E-state index in [1.54, 1.807) is 12.1 Å². The predicted octanol–water partition coefficient (Wildman–Crippen LogP) is 6.26. The molecule has 0 aliphatic heterocycles. The first-order chi connectivity index (χ1) is 18.7. The monoisotopic (exact) mass is 550 g/mol. The number of carboxylic acid groups (broad SMARTS) is 2. The Balaban J connectivity index is 1.41. The van der Waals surface area contributed by atoms with Crippen LogP contribution in [-0.4, -0.2) is 44.6 Å². The highest BCUT2D eigenvalue weighted by molar-refractivity contribution is 5.88. The van der Waals surface area contributed by atoms with Crippen LogP contribution in [0, 0.1) is 50.7 Å². The second kappa shape index (κ2) is 8.67. The third kappa shape index (κ3) is 3.24. The van der Waals surface area contributed by atoms with E-state index in [1.807, 2.05) is 12.1 Å². The van der Waals surface area contributed by atoms with Crippen LogP contribution in [0.5, 0.6) is 0 Å². The number of aliphatic hydroxyl groups is 2. The Hall–Kier alpha value is -2.18. The SMILES string of the molecule is CC1(C)C(c2ccc(C(=O)O)cc2)=CCC2(C)C1CC(O)C1(C)C2CCC2[C@H]3CCCC3(C(=O)O)C[C@H](O)[C@]21C. The molecule has 4 N–H and O–H groups in total. The number of aliphatic hydroxyl groups excluding tert-OH is 2. The molecule has 5 aliphatic rings. The van der Waals surface area contributed by atoms with E-state index in [-0.39, 0.29) is 46.5 Å². The van der Waals surface area contributed by atoms with E-state index < -0.39 is 40.4 Å². The second-order valence-electron chi connectivity index (χ2n) is 15.2. The van der Waals surface area contributed by atoms with Gasteiger partial charge in [0.1, 0.15) is 0 Å². The molecule has 218 valence electrons. The van der Waals surface area contributed by atoms with Crippen molar-refractivity contribution in [2.24, 2.45) is 50.7 Å². The molecule has 6 rings (SSSR count). The first kappa shape index (κ1) is 28.0. The molecule has 0 saturated heterocycles. The average molecular weight is 551 g/mol. The van der Waals surface area contributed by atoms with Crippen LogP contribution in [0.25, 0.3) is 5.57 Å². The van der Waals surface area contributed by atoms with Crippen LogP contribution in [0.15, 0.2) is 30.3 Å². The Morgan fingerprint density at radius 2 is 1.50 bits per heavy atom. The van der Waals surface area contributed by atoms with E-state index in [1.165, 1.54) is 5.57 Å². The van der Waals surface area contributed by atoms with E-state index in [2.05, 4.69) is 40.7 Å². The number of aromatic carboxylic acids is 1. The van der Waals surface area contributed by atoms with E-state index in [9.17, 15) is 30.0 Å². The lowest BCUT2D eigenvalue weighted by molar-refractivity contribution is -0.292. The van der Waals surface area contributed by atoms with Gasteiger partial charge >= 0.3 is 11.9 Å². The van der Waals surface area contributed by atoms with Crippen LogP contribution in [0.3, 0.4) is 0 Å². The Labute approximate surface area is 237 Å². The number of rotatable bonds is 3. The van der Waals surface area contributed by atoms with E-state index in [0.717, 1.165) is 37.7 Å². The Kier molecular flexibility index (Phi) is 6.06. The third-order valence-electron chi connectivity index (χ3n) is 13.9. The highest BCUT2D eigenvalue weighted by Crippen LogP contribution is 2.77. The molecule has 6 nitrogen and oxygen atoms in total. The van der Waals surface area contributed by atoms with Gasteiger partial charge < -0.3 is 20.4 Å². The zero-order valence-corrected chi connectivity index (χ0v) is 24.6. The summed E-state index contributed by atoms with van der Waals surface area (Å²) in [6, 6.07) is 7.15. The van der Waals surface area contributed by atoms with Gasteiger partial charge in [0.15, 0.2) is 0 Å². The van der Waals surface area contributed by atoms with Gasteiger partial charge in [-0.25, -0.2) is 4.79 Å². The summed E-state index contributed by atoms with van der Waals surface area (Å²) in [6.07, 6.45) is 7.04. The molecule has 40 heavy (non-hydrogen) atoms. The third-order valence-corrected chi connectivity index (χ3v) is 13.9. The lowest BCUT2D eigenvalue weighted by Crippen LogP contribution is -2.73. The van der Waals surface area contributed by atoms with Crippen molar-refractivity contribution in [1.82, 2.24) is 0 Å². The van der Waals surface area contributed by atoms with Gasteiger partial charge in [0, 0.05) is 10.8 Å². The molecule has 4 saturated carbocycles. The maximum atomic E-state index is 12.6. The molecule has 0 aromatic heterocycles. The molecule has 0 spiro atoms. The molecule has 0 amide bonds. The zero-order valence-electron chi connectivity index (χ0n) is 24.6. The van der Waals surface area contributed by atoms with Crippen LogP contribution in [0.2, 0.25) is 0 Å². The highest BCUT2D eigenvalue weighted by Gasteiger charge is 2.75. The summed E-state index contributed by atoms with van der Waals surface area (Å²) in [5.41, 5.74) is 0.258. The van der Waals surface area contributed by atoms with Crippen molar-refractivity contribution in [2.75, 3.05) is 0 Å². The summed E-state index contributed by atoms with van der Waals surface area (Å²) < 4.78 is 0. The van der Waals surface area contributed by atoms with Crippen molar-refractivity contribution in [3.05, 3.63) is 41.5 Å². The number of hydrogen-bond acceptors (Lipinski definition) is 4. The normalized spacial score (nSPS) is 47.2.